The molecule has 0 atom stereocenters. The highest BCUT2D eigenvalue weighted by atomic mass is 127. The Bertz CT molecular complexity index is 365. The van der Waals surface area contributed by atoms with Gasteiger partial charge >= 0.3 is 0 Å². The molecule has 0 fully saturated rings. The van der Waals surface area contributed by atoms with Crippen LogP contribution in [0.25, 0.3) is 0 Å². The second-order valence-corrected chi connectivity index (χ2v) is 4.21. The molecule has 1 aliphatic heterocycles. The van der Waals surface area contributed by atoms with Gasteiger partial charge in [0, 0.05) is 28.8 Å². The molecule has 0 bridgehead atoms. The molecule has 1 aliphatic rings. The van der Waals surface area contributed by atoms with E-state index in [1.54, 1.807) is 18.1 Å². The molecule has 0 aromatic carbocycles. The predicted molar refractivity (Wildman–Crippen MR) is 58.7 cm³/mol. The van der Waals surface area contributed by atoms with Crippen LogP contribution in [0, 0.1) is 3.57 Å². The quantitative estimate of drug-likeness (QED) is 0.679. The number of amides is 1. The van der Waals surface area contributed by atoms with Crippen molar-refractivity contribution in [2.75, 3.05) is 11.9 Å². The Balaban J connectivity index is 2.55. The number of carbonyl (C=O) groups excluding carboxylic acids is 1. The zero-order chi connectivity index (χ0) is 9.42. The van der Waals surface area contributed by atoms with Crippen molar-refractivity contribution in [2.24, 2.45) is 0 Å². The summed E-state index contributed by atoms with van der Waals surface area (Å²) in [6, 6.07) is 1.98. The molecule has 13 heavy (non-hydrogen) atoms. The molecule has 0 saturated heterocycles. The van der Waals surface area contributed by atoms with Crippen molar-refractivity contribution in [3.05, 3.63) is 21.4 Å². The lowest BCUT2D eigenvalue weighted by Crippen LogP contribution is -2.32. The third-order valence-electron chi connectivity index (χ3n) is 2.26. The van der Waals surface area contributed by atoms with Crippen LogP contribution < -0.4 is 4.90 Å². The summed E-state index contributed by atoms with van der Waals surface area (Å²) in [5.74, 6) is 0.977. The third kappa shape index (κ3) is 1.43. The summed E-state index contributed by atoms with van der Waals surface area (Å²) >= 11 is 2.28. The van der Waals surface area contributed by atoms with Gasteiger partial charge in [0.2, 0.25) is 5.91 Å². The Morgan fingerprint density at radius 3 is 3.08 bits per heavy atom. The molecule has 0 saturated carbocycles. The van der Waals surface area contributed by atoms with E-state index in [4.69, 9.17) is 0 Å². The van der Waals surface area contributed by atoms with Crippen molar-refractivity contribution in [1.82, 2.24) is 4.98 Å². The number of pyridine rings is 1. The second-order valence-electron chi connectivity index (χ2n) is 3.05. The number of anilines is 1. The monoisotopic (exact) mass is 288 g/mol. The first-order valence-corrected chi connectivity index (χ1v) is 5.18. The van der Waals surface area contributed by atoms with E-state index >= 15 is 0 Å². The van der Waals surface area contributed by atoms with Gasteiger partial charge in [-0.1, -0.05) is 0 Å². The van der Waals surface area contributed by atoms with Crippen LogP contribution in [0.4, 0.5) is 5.82 Å². The molecule has 2 heterocycles. The number of nitrogens with zero attached hydrogens (tertiary/aromatic N) is 2. The highest BCUT2D eigenvalue weighted by Gasteiger charge is 2.23. The average Bonchev–Trinajstić information content (AvgIpc) is 2.12. The van der Waals surface area contributed by atoms with Crippen LogP contribution in [0.3, 0.4) is 0 Å². The lowest BCUT2D eigenvalue weighted by molar-refractivity contribution is -0.118. The van der Waals surface area contributed by atoms with Crippen LogP contribution in [0.1, 0.15) is 12.0 Å². The molecule has 0 unspecified atom stereocenters. The van der Waals surface area contributed by atoms with E-state index in [1.165, 1.54) is 9.13 Å². The zero-order valence-electron chi connectivity index (χ0n) is 7.25. The summed E-state index contributed by atoms with van der Waals surface area (Å²) in [4.78, 5) is 17.2. The van der Waals surface area contributed by atoms with Crippen molar-refractivity contribution >= 4 is 34.3 Å². The maximum atomic E-state index is 11.4. The molecular weight excluding hydrogens is 279 g/mol. The number of halogens is 1. The van der Waals surface area contributed by atoms with Gasteiger partial charge in [-0.05, 0) is 35.1 Å². The standard InChI is InChI=1S/C9H9IN2O/c1-12-8(13)3-2-6-7(10)4-5-11-9(6)12/h4-5H,2-3H2,1H3. The minimum Gasteiger partial charge on any atom is -0.300 e. The first kappa shape index (κ1) is 8.93. The van der Waals surface area contributed by atoms with E-state index in [1.807, 2.05) is 6.07 Å². The van der Waals surface area contributed by atoms with E-state index < -0.39 is 0 Å². The molecule has 0 radical (unpaired) electrons. The third-order valence-corrected chi connectivity index (χ3v) is 3.27. The fourth-order valence-corrected chi connectivity index (χ4v) is 2.17. The van der Waals surface area contributed by atoms with E-state index in [0.29, 0.717) is 6.42 Å². The largest absolute Gasteiger partial charge is 0.300 e. The topological polar surface area (TPSA) is 33.2 Å². The fourth-order valence-electron chi connectivity index (χ4n) is 1.50. The molecule has 0 aliphatic carbocycles. The van der Waals surface area contributed by atoms with Gasteiger partial charge in [-0.15, -0.1) is 0 Å². The summed E-state index contributed by atoms with van der Waals surface area (Å²) < 4.78 is 1.20. The van der Waals surface area contributed by atoms with Gasteiger partial charge in [0.1, 0.15) is 5.82 Å². The van der Waals surface area contributed by atoms with Gasteiger partial charge in [0.05, 0.1) is 0 Å². The minimum atomic E-state index is 0.155. The number of hydrogen-bond donors (Lipinski definition) is 0. The Hall–Kier alpha value is -0.650. The number of aromatic nitrogens is 1. The molecule has 1 amide bonds. The van der Waals surface area contributed by atoms with Gasteiger partial charge in [0.25, 0.3) is 0 Å². The molecule has 68 valence electrons. The first-order valence-electron chi connectivity index (χ1n) is 4.10. The van der Waals surface area contributed by atoms with Crippen molar-refractivity contribution in [1.29, 1.82) is 0 Å². The smallest absolute Gasteiger partial charge is 0.228 e. The lowest BCUT2D eigenvalue weighted by Gasteiger charge is -2.24. The van der Waals surface area contributed by atoms with Crippen molar-refractivity contribution in [3.8, 4) is 0 Å². The Kier molecular flexibility index (Phi) is 2.23. The number of fused-ring (bicyclic) bond motifs is 1. The zero-order valence-corrected chi connectivity index (χ0v) is 9.41. The normalized spacial score (nSPS) is 15.8. The van der Waals surface area contributed by atoms with Crippen molar-refractivity contribution in [3.63, 3.8) is 0 Å². The van der Waals surface area contributed by atoms with Crippen LogP contribution in [-0.4, -0.2) is 17.9 Å². The molecule has 4 heteroatoms. The Morgan fingerprint density at radius 2 is 2.31 bits per heavy atom. The Morgan fingerprint density at radius 1 is 1.54 bits per heavy atom. The van der Waals surface area contributed by atoms with Gasteiger partial charge in [0.15, 0.2) is 0 Å². The van der Waals surface area contributed by atoms with Crippen molar-refractivity contribution in [2.45, 2.75) is 12.8 Å². The van der Waals surface area contributed by atoms with Crippen LogP contribution in [0.2, 0.25) is 0 Å². The highest BCUT2D eigenvalue weighted by Crippen LogP contribution is 2.27. The molecule has 0 N–H and O–H groups in total. The summed E-state index contributed by atoms with van der Waals surface area (Å²) in [6.07, 6.45) is 3.17. The first-order chi connectivity index (χ1) is 6.20. The summed E-state index contributed by atoms with van der Waals surface area (Å²) in [5, 5.41) is 0. The summed E-state index contributed by atoms with van der Waals surface area (Å²) in [6.45, 7) is 0. The molecular formula is C9H9IN2O. The number of carbonyl (C=O) groups is 1. The van der Waals surface area contributed by atoms with Crippen LogP contribution in [0.5, 0.6) is 0 Å². The SMILES string of the molecule is CN1C(=O)CCc2c(I)ccnc21. The van der Waals surface area contributed by atoms with E-state index in [9.17, 15) is 4.79 Å². The van der Waals surface area contributed by atoms with E-state index in [2.05, 4.69) is 27.6 Å². The van der Waals surface area contributed by atoms with Gasteiger partial charge in [-0.25, -0.2) is 4.98 Å². The van der Waals surface area contributed by atoms with Crippen molar-refractivity contribution < 1.29 is 4.79 Å². The number of hydrogen-bond acceptors (Lipinski definition) is 2. The van der Waals surface area contributed by atoms with Gasteiger partial charge < -0.3 is 0 Å². The number of rotatable bonds is 0. The van der Waals surface area contributed by atoms with E-state index in [0.717, 1.165) is 12.2 Å². The molecule has 3 nitrogen and oxygen atoms in total. The molecule has 1 aromatic rings. The Labute approximate surface area is 90.3 Å². The molecule has 2 rings (SSSR count). The molecule has 1 aromatic heterocycles. The van der Waals surface area contributed by atoms with Gasteiger partial charge in [-0.2, -0.15) is 0 Å². The van der Waals surface area contributed by atoms with Gasteiger partial charge in [-0.3, -0.25) is 9.69 Å². The summed E-state index contributed by atoms with van der Waals surface area (Å²) in [5.41, 5.74) is 1.20. The highest BCUT2D eigenvalue weighted by molar-refractivity contribution is 14.1. The predicted octanol–water partition coefficient (Wildman–Crippen LogP) is 1.60. The van der Waals surface area contributed by atoms with E-state index in [-0.39, 0.29) is 5.91 Å². The fraction of sp³-hybridized carbons (Fsp3) is 0.333. The average molecular weight is 288 g/mol. The van der Waals surface area contributed by atoms with Crippen LogP contribution in [-0.2, 0) is 11.2 Å². The molecule has 0 spiro atoms. The second kappa shape index (κ2) is 3.25. The van der Waals surface area contributed by atoms with Crippen LogP contribution in [0.15, 0.2) is 12.3 Å². The minimum absolute atomic E-state index is 0.155. The summed E-state index contributed by atoms with van der Waals surface area (Å²) in [7, 11) is 1.78. The maximum absolute atomic E-state index is 11.4. The lowest BCUT2D eigenvalue weighted by atomic mass is 10.1. The van der Waals surface area contributed by atoms with Crippen LogP contribution >= 0.6 is 22.6 Å². The maximum Gasteiger partial charge on any atom is 0.228 e.